The number of ether oxygens (including phenoxy) is 2. The van der Waals surface area contributed by atoms with Crippen LogP contribution in [0.2, 0.25) is 0 Å². The standard InChI is InChI=1S/C12H17BrN2O3/c1-3-15-9(12(13)8(2)14-15)6-10(16)11-7-17-4-5-18-11/h11H,3-7H2,1-2H3. The van der Waals surface area contributed by atoms with Crippen molar-refractivity contribution in [2.24, 2.45) is 0 Å². The number of Topliss-reactive ketones (excluding diaryl/α,β-unsaturated/α-hetero) is 1. The highest BCUT2D eigenvalue weighted by Gasteiger charge is 2.25. The van der Waals surface area contributed by atoms with Crippen LogP contribution in [0.25, 0.3) is 0 Å². The number of halogens is 1. The van der Waals surface area contributed by atoms with Crippen molar-refractivity contribution in [2.45, 2.75) is 32.9 Å². The lowest BCUT2D eigenvalue weighted by atomic mass is 10.1. The molecule has 1 saturated heterocycles. The van der Waals surface area contributed by atoms with E-state index in [1.165, 1.54) is 0 Å². The summed E-state index contributed by atoms with van der Waals surface area (Å²) in [5.74, 6) is 0.0463. The van der Waals surface area contributed by atoms with Gasteiger partial charge >= 0.3 is 0 Å². The Morgan fingerprint density at radius 1 is 1.56 bits per heavy atom. The second-order valence-electron chi connectivity index (χ2n) is 4.24. The molecule has 0 N–H and O–H groups in total. The average molecular weight is 317 g/mol. The lowest BCUT2D eigenvalue weighted by Gasteiger charge is -2.21. The van der Waals surface area contributed by atoms with Crippen molar-refractivity contribution in [3.05, 3.63) is 15.9 Å². The van der Waals surface area contributed by atoms with Gasteiger partial charge in [0.05, 0.1) is 42.1 Å². The predicted octanol–water partition coefficient (Wildman–Crippen LogP) is 1.50. The fourth-order valence-corrected chi connectivity index (χ4v) is 2.41. The zero-order valence-corrected chi connectivity index (χ0v) is 12.2. The molecule has 6 heteroatoms. The summed E-state index contributed by atoms with van der Waals surface area (Å²) in [6, 6.07) is 0. The molecule has 18 heavy (non-hydrogen) atoms. The zero-order chi connectivity index (χ0) is 13.1. The lowest BCUT2D eigenvalue weighted by Crippen LogP contribution is -2.36. The molecule has 100 valence electrons. The molecule has 2 rings (SSSR count). The van der Waals surface area contributed by atoms with Crippen molar-refractivity contribution in [3.8, 4) is 0 Å². The predicted molar refractivity (Wildman–Crippen MR) is 69.6 cm³/mol. The number of carbonyl (C=O) groups is 1. The summed E-state index contributed by atoms with van der Waals surface area (Å²) in [6.07, 6.45) is -0.116. The number of hydrogen-bond donors (Lipinski definition) is 0. The van der Waals surface area contributed by atoms with Crippen LogP contribution in [-0.4, -0.2) is 41.5 Å². The summed E-state index contributed by atoms with van der Waals surface area (Å²) in [4.78, 5) is 12.1. The Hall–Kier alpha value is -0.720. The molecule has 0 amide bonds. The molecule has 0 saturated carbocycles. The van der Waals surface area contributed by atoms with Crippen LogP contribution in [0.5, 0.6) is 0 Å². The van der Waals surface area contributed by atoms with Crippen LogP contribution >= 0.6 is 15.9 Å². The molecule has 0 bridgehead atoms. The minimum absolute atomic E-state index is 0.0463. The van der Waals surface area contributed by atoms with Crippen molar-refractivity contribution in [3.63, 3.8) is 0 Å². The molecule has 5 nitrogen and oxygen atoms in total. The summed E-state index contributed by atoms with van der Waals surface area (Å²) < 4.78 is 13.4. The number of ketones is 1. The van der Waals surface area contributed by atoms with Gasteiger partial charge in [0, 0.05) is 6.54 Å². The van der Waals surface area contributed by atoms with Crippen molar-refractivity contribution in [1.82, 2.24) is 9.78 Å². The number of rotatable bonds is 4. The Bertz CT molecular complexity index is 439. The minimum atomic E-state index is -0.439. The molecule has 0 radical (unpaired) electrons. The van der Waals surface area contributed by atoms with Crippen molar-refractivity contribution < 1.29 is 14.3 Å². The van der Waals surface area contributed by atoms with Crippen LogP contribution in [0.15, 0.2) is 4.47 Å². The Labute approximate surface area is 115 Å². The summed E-state index contributed by atoms with van der Waals surface area (Å²) in [7, 11) is 0. The third-order valence-electron chi connectivity index (χ3n) is 2.97. The van der Waals surface area contributed by atoms with Crippen LogP contribution in [0.4, 0.5) is 0 Å². The highest BCUT2D eigenvalue weighted by molar-refractivity contribution is 9.10. The smallest absolute Gasteiger partial charge is 0.169 e. The van der Waals surface area contributed by atoms with E-state index >= 15 is 0 Å². The van der Waals surface area contributed by atoms with E-state index in [2.05, 4.69) is 21.0 Å². The first-order valence-corrected chi connectivity index (χ1v) is 6.86. The maximum Gasteiger partial charge on any atom is 0.169 e. The van der Waals surface area contributed by atoms with Gasteiger partial charge in [-0.25, -0.2) is 0 Å². The quantitative estimate of drug-likeness (QED) is 0.844. The van der Waals surface area contributed by atoms with Crippen LogP contribution < -0.4 is 0 Å². The van der Waals surface area contributed by atoms with E-state index in [0.29, 0.717) is 26.2 Å². The monoisotopic (exact) mass is 316 g/mol. The third-order valence-corrected chi connectivity index (χ3v) is 4.00. The molecule has 1 aromatic heterocycles. The molecule has 1 aromatic rings. The maximum absolute atomic E-state index is 12.1. The fraction of sp³-hybridized carbons (Fsp3) is 0.667. The van der Waals surface area contributed by atoms with E-state index in [9.17, 15) is 4.79 Å². The number of aryl methyl sites for hydroxylation is 2. The largest absolute Gasteiger partial charge is 0.376 e. The Balaban J connectivity index is 2.10. The van der Waals surface area contributed by atoms with Crippen molar-refractivity contribution in [1.29, 1.82) is 0 Å². The molecule has 0 spiro atoms. The topological polar surface area (TPSA) is 53.4 Å². The number of hydrogen-bond acceptors (Lipinski definition) is 4. The van der Waals surface area contributed by atoms with Gasteiger partial charge in [-0.2, -0.15) is 5.10 Å². The molecular weight excluding hydrogens is 300 g/mol. The van der Waals surface area contributed by atoms with Gasteiger partial charge in [-0.3, -0.25) is 9.48 Å². The molecule has 1 aliphatic heterocycles. The molecule has 1 unspecified atom stereocenters. The number of aromatic nitrogens is 2. The lowest BCUT2D eigenvalue weighted by molar-refractivity contribution is -0.144. The Kier molecular flexibility index (Phi) is 4.53. The van der Waals surface area contributed by atoms with E-state index < -0.39 is 6.10 Å². The first kappa shape index (κ1) is 13.7. The Morgan fingerprint density at radius 3 is 2.94 bits per heavy atom. The highest BCUT2D eigenvalue weighted by atomic mass is 79.9. The summed E-state index contributed by atoms with van der Waals surface area (Å²) in [6.45, 7) is 6.09. The van der Waals surface area contributed by atoms with Gasteiger partial charge in [-0.1, -0.05) is 0 Å². The molecular formula is C12H17BrN2O3. The first-order chi connectivity index (χ1) is 8.63. The van der Waals surface area contributed by atoms with E-state index in [4.69, 9.17) is 9.47 Å². The SMILES string of the molecule is CCn1nc(C)c(Br)c1CC(=O)C1COCCO1. The second kappa shape index (κ2) is 5.95. The summed E-state index contributed by atoms with van der Waals surface area (Å²) in [5.41, 5.74) is 1.81. The highest BCUT2D eigenvalue weighted by Crippen LogP contribution is 2.22. The van der Waals surface area contributed by atoms with Gasteiger partial charge in [0.2, 0.25) is 0 Å². The average Bonchev–Trinajstić information content (AvgIpc) is 2.67. The van der Waals surface area contributed by atoms with Crippen molar-refractivity contribution >= 4 is 21.7 Å². The minimum Gasteiger partial charge on any atom is -0.376 e. The van der Waals surface area contributed by atoms with Gasteiger partial charge in [-0.15, -0.1) is 0 Å². The molecule has 1 fully saturated rings. The third kappa shape index (κ3) is 2.81. The normalized spacial score (nSPS) is 20.1. The first-order valence-electron chi connectivity index (χ1n) is 6.07. The second-order valence-corrected chi connectivity index (χ2v) is 5.03. The van der Waals surface area contributed by atoms with E-state index in [-0.39, 0.29) is 5.78 Å². The van der Waals surface area contributed by atoms with Gasteiger partial charge in [-0.05, 0) is 29.8 Å². The van der Waals surface area contributed by atoms with Crippen LogP contribution in [0.3, 0.4) is 0 Å². The maximum atomic E-state index is 12.1. The van der Waals surface area contributed by atoms with Crippen LogP contribution in [-0.2, 0) is 27.2 Å². The molecule has 1 aliphatic rings. The van der Waals surface area contributed by atoms with Gasteiger partial charge in [0.1, 0.15) is 6.10 Å². The number of nitrogens with zero attached hydrogens (tertiary/aromatic N) is 2. The van der Waals surface area contributed by atoms with Crippen LogP contribution in [0, 0.1) is 6.92 Å². The van der Waals surface area contributed by atoms with Crippen LogP contribution in [0.1, 0.15) is 18.3 Å². The fourth-order valence-electron chi connectivity index (χ4n) is 1.99. The van der Waals surface area contributed by atoms with Crippen molar-refractivity contribution in [2.75, 3.05) is 19.8 Å². The van der Waals surface area contributed by atoms with E-state index in [1.807, 2.05) is 18.5 Å². The Morgan fingerprint density at radius 2 is 2.33 bits per heavy atom. The zero-order valence-electron chi connectivity index (χ0n) is 10.6. The van der Waals surface area contributed by atoms with Gasteiger partial charge < -0.3 is 9.47 Å². The van der Waals surface area contributed by atoms with E-state index in [1.54, 1.807) is 0 Å². The summed E-state index contributed by atoms with van der Waals surface area (Å²) in [5, 5.41) is 4.37. The molecule has 1 atom stereocenters. The summed E-state index contributed by atoms with van der Waals surface area (Å²) >= 11 is 3.49. The molecule has 2 heterocycles. The number of carbonyl (C=O) groups excluding carboxylic acids is 1. The van der Waals surface area contributed by atoms with Gasteiger partial charge in [0.15, 0.2) is 5.78 Å². The molecule has 0 aliphatic carbocycles. The van der Waals surface area contributed by atoms with E-state index in [0.717, 1.165) is 22.4 Å². The van der Waals surface area contributed by atoms with Gasteiger partial charge in [0.25, 0.3) is 0 Å². The molecule has 0 aromatic carbocycles.